The second kappa shape index (κ2) is 5.97. The quantitative estimate of drug-likeness (QED) is 0.833. The van der Waals surface area contributed by atoms with Crippen LogP contribution in [0.1, 0.15) is 18.9 Å². The maximum Gasteiger partial charge on any atom is 0.243 e. The van der Waals surface area contributed by atoms with Gasteiger partial charge in [0.1, 0.15) is 4.90 Å². The van der Waals surface area contributed by atoms with Crippen LogP contribution in [0.4, 0.5) is 0 Å². The molecule has 0 aliphatic rings. The van der Waals surface area contributed by atoms with Crippen molar-refractivity contribution in [2.45, 2.75) is 23.8 Å². The molecular formula is C14H19N3O3S. The summed E-state index contributed by atoms with van der Waals surface area (Å²) in [5.74, 6) is 0. The highest BCUT2D eigenvalue weighted by Gasteiger charge is 2.24. The number of aliphatic hydroxyl groups is 1. The molecule has 1 atom stereocenters. The Bertz CT molecular complexity index is 693. The first-order chi connectivity index (χ1) is 9.81. The molecule has 6 nitrogen and oxygen atoms in total. The van der Waals surface area contributed by atoms with Gasteiger partial charge in [-0.25, -0.2) is 13.1 Å². The Morgan fingerprint density at radius 3 is 2.57 bits per heavy atom. The number of nitrogens with zero attached hydrogens (tertiary/aromatic N) is 2. The minimum atomic E-state index is -3.59. The van der Waals surface area contributed by atoms with Crippen LogP contribution < -0.4 is 4.72 Å². The Hall–Kier alpha value is -1.70. The van der Waals surface area contributed by atoms with Crippen LogP contribution in [0.15, 0.2) is 47.6 Å². The fraction of sp³-hybridized carbons (Fsp3) is 0.357. The third-order valence-corrected chi connectivity index (χ3v) is 4.71. The van der Waals surface area contributed by atoms with Crippen molar-refractivity contribution in [1.82, 2.24) is 14.5 Å². The first-order valence-electron chi connectivity index (χ1n) is 6.57. The van der Waals surface area contributed by atoms with Gasteiger partial charge in [0.25, 0.3) is 0 Å². The molecule has 0 saturated carbocycles. The van der Waals surface area contributed by atoms with E-state index in [1.54, 1.807) is 14.0 Å². The molecule has 2 rings (SSSR count). The van der Waals surface area contributed by atoms with E-state index in [9.17, 15) is 13.5 Å². The van der Waals surface area contributed by atoms with Crippen molar-refractivity contribution < 1.29 is 13.5 Å². The summed E-state index contributed by atoms with van der Waals surface area (Å²) in [6.07, 6.45) is 2.99. The number of rotatable bonds is 6. The number of nitrogens with one attached hydrogen (secondary N) is 1. The predicted octanol–water partition coefficient (Wildman–Crippen LogP) is 0.996. The zero-order valence-corrected chi connectivity index (χ0v) is 12.8. The first kappa shape index (κ1) is 15.7. The molecule has 0 bridgehead atoms. The third-order valence-electron chi connectivity index (χ3n) is 3.29. The molecule has 0 saturated heterocycles. The van der Waals surface area contributed by atoms with Gasteiger partial charge in [0.2, 0.25) is 10.0 Å². The molecule has 21 heavy (non-hydrogen) atoms. The lowest BCUT2D eigenvalue weighted by atomic mass is 9.93. The summed E-state index contributed by atoms with van der Waals surface area (Å²) in [7, 11) is -1.94. The highest BCUT2D eigenvalue weighted by Crippen LogP contribution is 2.23. The van der Waals surface area contributed by atoms with E-state index in [1.807, 2.05) is 30.3 Å². The van der Waals surface area contributed by atoms with Crippen LogP contribution in [0.5, 0.6) is 0 Å². The van der Waals surface area contributed by atoms with E-state index in [2.05, 4.69) is 9.82 Å². The normalized spacial score (nSPS) is 14.8. The molecule has 0 amide bonds. The fourth-order valence-electron chi connectivity index (χ4n) is 1.99. The summed E-state index contributed by atoms with van der Waals surface area (Å²) in [6.45, 7) is 1.81. The van der Waals surface area contributed by atoms with Crippen LogP contribution in [0.25, 0.3) is 0 Å². The molecule has 0 spiro atoms. The van der Waals surface area contributed by atoms with Crippen LogP contribution in [0, 0.1) is 0 Å². The summed E-state index contributed by atoms with van der Waals surface area (Å²) < 4.78 is 27.9. The number of benzene rings is 1. The van der Waals surface area contributed by atoms with Crippen molar-refractivity contribution in [2.75, 3.05) is 6.54 Å². The number of aromatic nitrogens is 2. The third kappa shape index (κ3) is 3.90. The zero-order valence-electron chi connectivity index (χ0n) is 12.0. The lowest BCUT2D eigenvalue weighted by Gasteiger charge is -2.23. The van der Waals surface area contributed by atoms with E-state index in [4.69, 9.17) is 0 Å². The van der Waals surface area contributed by atoms with Crippen molar-refractivity contribution in [3.8, 4) is 0 Å². The smallest absolute Gasteiger partial charge is 0.243 e. The van der Waals surface area contributed by atoms with Crippen LogP contribution in [-0.4, -0.2) is 29.8 Å². The van der Waals surface area contributed by atoms with Crippen molar-refractivity contribution >= 4 is 10.0 Å². The molecule has 7 heteroatoms. The molecule has 2 aromatic rings. The van der Waals surface area contributed by atoms with E-state index < -0.39 is 15.6 Å². The number of aryl methyl sites for hydroxylation is 1. The van der Waals surface area contributed by atoms with Crippen molar-refractivity contribution in [3.63, 3.8) is 0 Å². The Labute approximate surface area is 124 Å². The van der Waals surface area contributed by atoms with Gasteiger partial charge in [-0.15, -0.1) is 0 Å². The van der Waals surface area contributed by atoms with Crippen molar-refractivity contribution in [3.05, 3.63) is 48.3 Å². The van der Waals surface area contributed by atoms with E-state index in [1.165, 1.54) is 17.1 Å². The number of sulfonamides is 1. The SMILES string of the molecule is Cn1cc(S(=O)(=O)NCCC(C)(O)c2ccccc2)cn1. The van der Waals surface area contributed by atoms with Gasteiger partial charge in [0.15, 0.2) is 0 Å². The second-order valence-corrected chi connectivity index (χ2v) is 6.90. The molecule has 0 radical (unpaired) electrons. The van der Waals surface area contributed by atoms with Gasteiger partial charge < -0.3 is 5.11 Å². The second-order valence-electron chi connectivity index (χ2n) is 5.14. The largest absolute Gasteiger partial charge is 0.385 e. The minimum Gasteiger partial charge on any atom is -0.385 e. The summed E-state index contributed by atoms with van der Waals surface area (Å²) in [5, 5.41) is 14.2. The molecule has 1 heterocycles. The maximum atomic E-state index is 12.0. The summed E-state index contributed by atoms with van der Waals surface area (Å²) in [4.78, 5) is 0.115. The molecule has 1 aromatic heterocycles. The van der Waals surface area contributed by atoms with Crippen LogP contribution in [-0.2, 0) is 22.7 Å². The molecule has 114 valence electrons. The van der Waals surface area contributed by atoms with Gasteiger partial charge in [0, 0.05) is 19.8 Å². The average Bonchev–Trinajstić information content (AvgIpc) is 2.87. The van der Waals surface area contributed by atoms with E-state index >= 15 is 0 Å². The van der Waals surface area contributed by atoms with Gasteiger partial charge in [-0.2, -0.15) is 5.10 Å². The maximum absolute atomic E-state index is 12.0. The zero-order chi connectivity index (χ0) is 15.5. The minimum absolute atomic E-state index is 0.115. The van der Waals surface area contributed by atoms with E-state index in [0.717, 1.165) is 5.56 Å². The van der Waals surface area contributed by atoms with Crippen LogP contribution in [0.2, 0.25) is 0 Å². The van der Waals surface area contributed by atoms with Crippen molar-refractivity contribution in [2.24, 2.45) is 7.05 Å². The molecular weight excluding hydrogens is 290 g/mol. The fourth-order valence-corrected chi connectivity index (χ4v) is 3.01. The lowest BCUT2D eigenvalue weighted by Crippen LogP contribution is -2.31. The standard InChI is InChI=1S/C14H19N3O3S/c1-14(18,12-6-4-3-5-7-12)8-9-16-21(19,20)13-10-15-17(2)11-13/h3-7,10-11,16,18H,8-9H2,1-2H3. The lowest BCUT2D eigenvalue weighted by molar-refractivity contribution is 0.0495. The average molecular weight is 309 g/mol. The Kier molecular flexibility index (Phi) is 4.46. The molecule has 0 aliphatic heterocycles. The predicted molar refractivity (Wildman–Crippen MR) is 79.0 cm³/mol. The molecule has 1 unspecified atom stereocenters. The Morgan fingerprint density at radius 1 is 1.33 bits per heavy atom. The number of hydrogen-bond donors (Lipinski definition) is 2. The van der Waals surface area contributed by atoms with Gasteiger partial charge in [-0.1, -0.05) is 30.3 Å². The topological polar surface area (TPSA) is 84.2 Å². The van der Waals surface area contributed by atoms with Crippen molar-refractivity contribution in [1.29, 1.82) is 0 Å². The van der Waals surface area contributed by atoms with E-state index in [0.29, 0.717) is 0 Å². The molecule has 1 aromatic carbocycles. The summed E-state index contributed by atoms with van der Waals surface area (Å²) in [5.41, 5.74) is -0.329. The molecule has 0 fully saturated rings. The highest BCUT2D eigenvalue weighted by molar-refractivity contribution is 7.89. The van der Waals surface area contributed by atoms with Crippen LogP contribution >= 0.6 is 0 Å². The Morgan fingerprint density at radius 2 is 2.00 bits per heavy atom. The monoisotopic (exact) mass is 309 g/mol. The van der Waals surface area contributed by atoms with Gasteiger partial charge in [0.05, 0.1) is 11.8 Å². The van der Waals surface area contributed by atoms with Gasteiger partial charge in [-0.3, -0.25) is 4.68 Å². The van der Waals surface area contributed by atoms with Crippen LogP contribution in [0.3, 0.4) is 0 Å². The summed E-state index contributed by atoms with van der Waals surface area (Å²) in [6, 6.07) is 9.17. The molecule has 0 aliphatic carbocycles. The van der Waals surface area contributed by atoms with Gasteiger partial charge >= 0.3 is 0 Å². The van der Waals surface area contributed by atoms with Gasteiger partial charge in [-0.05, 0) is 18.9 Å². The van der Waals surface area contributed by atoms with E-state index in [-0.39, 0.29) is 17.9 Å². The number of hydrogen-bond acceptors (Lipinski definition) is 4. The molecule has 2 N–H and O–H groups in total. The highest BCUT2D eigenvalue weighted by atomic mass is 32.2. The first-order valence-corrected chi connectivity index (χ1v) is 8.06. The Balaban J connectivity index is 1.98. The summed E-state index contributed by atoms with van der Waals surface area (Å²) >= 11 is 0.